The van der Waals surface area contributed by atoms with Gasteiger partial charge in [0.2, 0.25) is 0 Å². The van der Waals surface area contributed by atoms with E-state index in [1.54, 1.807) is 6.20 Å². The van der Waals surface area contributed by atoms with E-state index in [9.17, 15) is 4.79 Å². The number of hydrogen-bond acceptors (Lipinski definition) is 5. The van der Waals surface area contributed by atoms with E-state index in [4.69, 9.17) is 4.74 Å². The zero-order valence-corrected chi connectivity index (χ0v) is 11.2. The number of amides is 1. The monoisotopic (exact) mass is 266 g/mol. The van der Waals surface area contributed by atoms with Gasteiger partial charge in [0.25, 0.3) is 5.91 Å². The summed E-state index contributed by atoms with van der Waals surface area (Å²) in [5.74, 6) is 0.634. The van der Waals surface area contributed by atoms with E-state index in [2.05, 4.69) is 15.3 Å². The first kappa shape index (κ1) is 12.7. The van der Waals surface area contributed by atoms with Gasteiger partial charge in [-0.3, -0.25) is 10.1 Å². The van der Waals surface area contributed by atoms with Crippen LogP contribution >= 0.6 is 11.3 Å². The summed E-state index contributed by atoms with van der Waals surface area (Å²) in [6.45, 7) is 1.92. The average Bonchev–Trinajstić information content (AvgIpc) is 2.85. The maximum atomic E-state index is 11.4. The van der Waals surface area contributed by atoms with Gasteiger partial charge in [-0.05, 0) is 6.92 Å². The predicted molar refractivity (Wildman–Crippen MR) is 69.6 cm³/mol. The minimum absolute atomic E-state index is 0.0242. The van der Waals surface area contributed by atoms with Crippen LogP contribution in [0.4, 0.5) is 5.13 Å². The van der Waals surface area contributed by atoms with Gasteiger partial charge in [0.1, 0.15) is 6.61 Å². The number of aromatic nitrogens is 3. The second-order valence-electron chi connectivity index (χ2n) is 3.78. The third kappa shape index (κ3) is 2.57. The van der Waals surface area contributed by atoms with E-state index < -0.39 is 0 Å². The number of thiazole rings is 1. The average molecular weight is 266 g/mol. The van der Waals surface area contributed by atoms with Gasteiger partial charge in [-0.15, -0.1) is 0 Å². The molecule has 0 radical (unpaired) electrons. The van der Waals surface area contributed by atoms with Crippen LogP contribution in [0.15, 0.2) is 12.4 Å². The van der Waals surface area contributed by atoms with Crippen LogP contribution in [0.2, 0.25) is 0 Å². The third-order valence-electron chi connectivity index (χ3n) is 2.34. The molecule has 0 aliphatic heterocycles. The molecule has 1 amide bonds. The number of methoxy groups -OCH3 is 1. The fraction of sp³-hybridized carbons (Fsp3) is 0.364. The summed E-state index contributed by atoms with van der Waals surface area (Å²) in [7, 11) is 3.40. The Labute approximate surface area is 109 Å². The molecule has 2 rings (SSSR count). The molecule has 96 valence electrons. The van der Waals surface area contributed by atoms with Crippen molar-refractivity contribution in [3.8, 4) is 10.7 Å². The molecule has 6 nitrogen and oxygen atoms in total. The topological polar surface area (TPSA) is 69.0 Å². The molecule has 1 N–H and O–H groups in total. The highest BCUT2D eigenvalue weighted by molar-refractivity contribution is 7.19. The predicted octanol–water partition coefficient (Wildman–Crippen LogP) is 1.44. The van der Waals surface area contributed by atoms with E-state index in [1.165, 1.54) is 18.4 Å². The number of nitrogens with zero attached hydrogens (tertiary/aromatic N) is 3. The van der Waals surface area contributed by atoms with Crippen molar-refractivity contribution >= 4 is 22.4 Å². The highest BCUT2D eigenvalue weighted by Crippen LogP contribution is 2.31. The number of nitrogens with one attached hydrogen (secondary N) is 1. The molecule has 7 heteroatoms. The summed E-state index contributed by atoms with van der Waals surface area (Å²) >= 11 is 1.40. The first-order valence-corrected chi connectivity index (χ1v) is 6.17. The molecular formula is C11H14N4O2S. The number of carbonyl (C=O) groups excluding carboxylic acids is 1. The van der Waals surface area contributed by atoms with Gasteiger partial charge < -0.3 is 9.30 Å². The van der Waals surface area contributed by atoms with Gasteiger partial charge in [-0.2, -0.15) is 0 Å². The zero-order chi connectivity index (χ0) is 13.1. The maximum absolute atomic E-state index is 11.4. The molecule has 0 aromatic carbocycles. The number of ether oxygens (including phenoxy) is 1. The molecule has 0 fully saturated rings. The van der Waals surface area contributed by atoms with Crippen molar-refractivity contribution in [2.45, 2.75) is 6.92 Å². The fourth-order valence-electron chi connectivity index (χ4n) is 1.53. The van der Waals surface area contributed by atoms with Crippen LogP contribution in [-0.4, -0.2) is 34.2 Å². The number of carbonyl (C=O) groups is 1. The van der Waals surface area contributed by atoms with Crippen LogP contribution in [-0.2, 0) is 16.6 Å². The van der Waals surface area contributed by atoms with Crippen molar-refractivity contribution in [3.05, 3.63) is 18.1 Å². The molecule has 0 saturated heterocycles. The van der Waals surface area contributed by atoms with Crippen LogP contribution in [0.5, 0.6) is 0 Å². The van der Waals surface area contributed by atoms with E-state index in [0.29, 0.717) is 5.13 Å². The van der Waals surface area contributed by atoms with E-state index in [1.807, 2.05) is 24.7 Å². The maximum Gasteiger partial charge on any atom is 0.252 e. The minimum atomic E-state index is -0.211. The van der Waals surface area contributed by atoms with Gasteiger partial charge in [0.15, 0.2) is 11.0 Å². The Kier molecular flexibility index (Phi) is 3.73. The summed E-state index contributed by atoms with van der Waals surface area (Å²) in [4.78, 5) is 20.9. The molecule has 2 aromatic heterocycles. The van der Waals surface area contributed by atoms with E-state index >= 15 is 0 Å². The second-order valence-corrected chi connectivity index (χ2v) is 4.78. The smallest absolute Gasteiger partial charge is 0.252 e. The molecule has 0 aliphatic carbocycles. The van der Waals surface area contributed by atoms with Gasteiger partial charge in [0, 0.05) is 26.6 Å². The number of hydrogen-bond donors (Lipinski definition) is 1. The van der Waals surface area contributed by atoms with E-state index in [0.717, 1.165) is 16.4 Å². The van der Waals surface area contributed by atoms with Crippen LogP contribution in [0.25, 0.3) is 10.7 Å². The zero-order valence-electron chi connectivity index (χ0n) is 10.4. The molecule has 0 bridgehead atoms. The Morgan fingerprint density at radius 3 is 3.00 bits per heavy atom. The van der Waals surface area contributed by atoms with Crippen molar-refractivity contribution in [2.24, 2.45) is 7.05 Å². The van der Waals surface area contributed by atoms with Crippen molar-refractivity contribution in [2.75, 3.05) is 19.0 Å². The van der Waals surface area contributed by atoms with Gasteiger partial charge in [-0.1, -0.05) is 11.3 Å². The van der Waals surface area contributed by atoms with Crippen LogP contribution in [0.3, 0.4) is 0 Å². The Morgan fingerprint density at radius 2 is 2.39 bits per heavy atom. The molecule has 0 spiro atoms. The summed E-state index contributed by atoms with van der Waals surface area (Å²) in [5, 5.41) is 3.25. The summed E-state index contributed by atoms with van der Waals surface area (Å²) in [6, 6.07) is 0. The Bertz CT molecular complexity index is 561. The normalized spacial score (nSPS) is 10.6. The molecule has 0 unspecified atom stereocenters. The lowest BCUT2D eigenvalue weighted by atomic mass is 10.4. The molecule has 0 saturated carbocycles. The van der Waals surface area contributed by atoms with Crippen molar-refractivity contribution in [3.63, 3.8) is 0 Å². The number of rotatable bonds is 4. The Hall–Kier alpha value is -1.73. The number of aryl methyl sites for hydroxylation is 2. The molecule has 0 aliphatic rings. The molecular weight excluding hydrogens is 252 g/mol. The molecule has 0 atom stereocenters. The van der Waals surface area contributed by atoms with Gasteiger partial charge in [0.05, 0.1) is 10.6 Å². The van der Waals surface area contributed by atoms with Crippen LogP contribution < -0.4 is 5.32 Å². The van der Waals surface area contributed by atoms with Crippen molar-refractivity contribution in [1.29, 1.82) is 0 Å². The number of anilines is 1. The highest BCUT2D eigenvalue weighted by Gasteiger charge is 2.14. The third-order valence-corrected chi connectivity index (χ3v) is 3.41. The standard InChI is InChI=1S/C11H14N4O2S/c1-7-9(10-12-4-5-15(10)2)18-11(13-7)14-8(16)6-17-3/h4-5H,6H2,1-3H3,(H,13,14,16). The minimum Gasteiger partial charge on any atom is -0.375 e. The Balaban J connectivity index is 2.22. The quantitative estimate of drug-likeness (QED) is 0.909. The van der Waals surface area contributed by atoms with Gasteiger partial charge >= 0.3 is 0 Å². The Morgan fingerprint density at radius 1 is 1.61 bits per heavy atom. The lowest BCUT2D eigenvalue weighted by molar-refractivity contribution is -0.119. The van der Waals surface area contributed by atoms with Gasteiger partial charge in [-0.25, -0.2) is 9.97 Å². The lowest BCUT2D eigenvalue weighted by Crippen LogP contribution is -2.16. The highest BCUT2D eigenvalue weighted by atomic mass is 32.1. The van der Waals surface area contributed by atoms with E-state index in [-0.39, 0.29) is 12.5 Å². The van der Waals surface area contributed by atoms with Crippen molar-refractivity contribution < 1.29 is 9.53 Å². The fourth-order valence-corrected chi connectivity index (χ4v) is 2.55. The van der Waals surface area contributed by atoms with Crippen molar-refractivity contribution in [1.82, 2.24) is 14.5 Å². The molecule has 2 heterocycles. The number of imidazole rings is 1. The second kappa shape index (κ2) is 5.28. The summed E-state index contributed by atoms with van der Waals surface area (Å²) in [5.41, 5.74) is 0.849. The molecule has 18 heavy (non-hydrogen) atoms. The summed E-state index contributed by atoms with van der Waals surface area (Å²) < 4.78 is 6.67. The first-order chi connectivity index (χ1) is 8.61. The first-order valence-electron chi connectivity index (χ1n) is 5.35. The largest absolute Gasteiger partial charge is 0.375 e. The lowest BCUT2D eigenvalue weighted by Gasteiger charge is -1.99. The van der Waals surface area contributed by atoms with Crippen LogP contribution in [0.1, 0.15) is 5.69 Å². The SMILES string of the molecule is COCC(=O)Nc1nc(C)c(-c2nccn2C)s1. The summed E-state index contributed by atoms with van der Waals surface area (Å²) in [6.07, 6.45) is 3.61. The molecule has 2 aromatic rings. The van der Waals surface area contributed by atoms with Crippen LogP contribution in [0, 0.1) is 6.92 Å².